The monoisotopic (exact) mass is 1030 g/mol. The molecule has 7 aliphatic heterocycles. The number of anilines is 3. The van der Waals surface area contributed by atoms with Gasteiger partial charge in [-0.1, -0.05) is 63.8 Å². The third kappa shape index (κ3) is 11.3. The Labute approximate surface area is 451 Å². The lowest BCUT2D eigenvalue weighted by Crippen LogP contribution is -2.44. The van der Waals surface area contributed by atoms with Crippen molar-refractivity contribution in [1.82, 2.24) is 19.6 Å². The van der Waals surface area contributed by atoms with Gasteiger partial charge in [-0.15, -0.1) is 0 Å². The summed E-state index contributed by atoms with van der Waals surface area (Å²) in [6.45, 7) is 15.2. The van der Waals surface area contributed by atoms with E-state index in [0.29, 0.717) is 62.2 Å². The van der Waals surface area contributed by atoms with Gasteiger partial charge in [0, 0.05) is 119 Å². The van der Waals surface area contributed by atoms with Gasteiger partial charge in [0.2, 0.25) is 0 Å². The van der Waals surface area contributed by atoms with E-state index >= 15 is 0 Å². The van der Waals surface area contributed by atoms with Crippen molar-refractivity contribution in [3.63, 3.8) is 0 Å². The smallest absolute Gasteiger partial charge is 0.260 e. The summed E-state index contributed by atoms with van der Waals surface area (Å²) in [5.41, 5.74) is 13.8. The first-order valence-corrected chi connectivity index (χ1v) is 28.9. The summed E-state index contributed by atoms with van der Waals surface area (Å²) in [5.74, 6) is 2.72. The fraction of sp³-hybridized carbons (Fsp3) is 0.492. The number of nitrogens with one attached hydrogen (secondary N) is 1. The number of ether oxygens (including phenoxy) is 4. The fourth-order valence-corrected chi connectivity index (χ4v) is 11.9. The summed E-state index contributed by atoms with van der Waals surface area (Å²) in [7, 11) is 4.39. The van der Waals surface area contributed by atoms with Crippen LogP contribution in [-0.2, 0) is 0 Å². The molecule has 7 heterocycles. The van der Waals surface area contributed by atoms with Gasteiger partial charge >= 0.3 is 0 Å². The lowest BCUT2D eigenvalue weighted by molar-refractivity contribution is 0.0796. The Morgan fingerprint density at radius 3 is 1.61 bits per heavy atom. The molecule has 4 aromatic rings. The molecule has 1 saturated carbocycles. The fourth-order valence-electron chi connectivity index (χ4n) is 11.9. The van der Waals surface area contributed by atoms with Gasteiger partial charge in [0.1, 0.15) is 0 Å². The Bertz CT molecular complexity index is 2800. The Morgan fingerprint density at radius 2 is 1.04 bits per heavy atom. The number of hydrogen-bond donors (Lipinski definition) is 1. The van der Waals surface area contributed by atoms with Crippen molar-refractivity contribution in [3.05, 3.63) is 113 Å². The summed E-state index contributed by atoms with van der Waals surface area (Å²) in [4.78, 5) is 33.8. The molecular formula is C63H80N8O5. The summed E-state index contributed by atoms with van der Waals surface area (Å²) in [6.07, 6.45) is 18.7. The molecule has 12 rings (SSSR count). The van der Waals surface area contributed by atoms with Crippen LogP contribution in [0.2, 0.25) is 0 Å². The van der Waals surface area contributed by atoms with Crippen molar-refractivity contribution >= 4 is 51.7 Å². The van der Waals surface area contributed by atoms with Crippen LogP contribution in [-0.4, -0.2) is 143 Å². The number of nitrogens with zero attached hydrogens (tertiary/aromatic N) is 7. The molecule has 13 heteroatoms. The standard InChI is InChI=1S/C61H74N8O5.C2H6/c1-64-21-25-66(26-22-64)48-17-13-43(14-18-48)46-33-50-39-62-54-37-58-56(35-52(54)60(68(50)41-46)45-11-9-12-45)71-29-7-5-3-4-6-8-30-72-57-36-53-55(38-59(57)74-32-10-31-73-58)63-40-51-34-47(42-69(51)61(53)70)44-15-19-49(20-16-44)67-27-23-65(2)24-28-67;1-2/h13-20,35-39,41-42,50-51,63H,3-12,21-34,40H2,1-2H3;1-2H3. The maximum Gasteiger partial charge on any atom is 0.260 e. The van der Waals surface area contributed by atoms with Gasteiger partial charge in [-0.25, -0.2) is 0 Å². The van der Waals surface area contributed by atoms with Crippen LogP contribution in [0.25, 0.3) is 16.8 Å². The molecule has 2 unspecified atom stereocenters. The lowest BCUT2D eigenvalue weighted by atomic mass is 9.87. The van der Waals surface area contributed by atoms with Crippen LogP contribution < -0.4 is 34.1 Å². The first kappa shape index (κ1) is 51.7. The third-order valence-electron chi connectivity index (χ3n) is 16.6. The average molecular weight is 1030 g/mol. The topological polar surface area (TPSA) is 97.8 Å². The van der Waals surface area contributed by atoms with Crippen LogP contribution in [0.15, 0.2) is 95.8 Å². The number of carbonyl (C=O) groups excluding carboxylic acids is 1. The van der Waals surface area contributed by atoms with E-state index in [1.165, 1.54) is 51.3 Å². The molecule has 13 nitrogen and oxygen atoms in total. The van der Waals surface area contributed by atoms with Crippen molar-refractivity contribution in [3.8, 4) is 23.0 Å². The van der Waals surface area contributed by atoms with E-state index in [2.05, 4.69) is 123 Å². The molecule has 1 aliphatic carbocycles. The molecule has 76 heavy (non-hydrogen) atoms. The van der Waals surface area contributed by atoms with E-state index in [0.717, 1.165) is 139 Å². The highest BCUT2D eigenvalue weighted by atomic mass is 16.5. The third-order valence-corrected chi connectivity index (χ3v) is 16.6. The number of carbonyl (C=O) groups is 1. The largest absolute Gasteiger partial charge is 0.490 e. The molecule has 0 aromatic heterocycles. The number of hydrogen-bond acceptors (Lipinski definition) is 12. The number of fused-ring (bicyclic) bond motifs is 6. The van der Waals surface area contributed by atoms with Gasteiger partial charge in [-0.2, -0.15) is 0 Å². The SMILES string of the molecule is CC.CN1CCN(c2ccc(C3=CN4C(=C5CCC5)c5cc6c(cc5N=CC4C3)OCCCOc3cc4c(cc3OCCCCCCCCO6)C(=O)N3C=C(c5ccc(N6CCN(C)CC6)cc5)CC3CN4)cc2)CC1. The molecule has 4 aromatic carbocycles. The summed E-state index contributed by atoms with van der Waals surface area (Å²) < 4.78 is 26.3. The molecule has 8 aliphatic rings. The van der Waals surface area contributed by atoms with E-state index in [9.17, 15) is 4.79 Å². The zero-order chi connectivity index (χ0) is 52.0. The van der Waals surface area contributed by atoms with Gasteiger partial charge in [-0.3, -0.25) is 9.79 Å². The minimum Gasteiger partial charge on any atom is -0.490 e. The predicted octanol–water partition coefficient (Wildman–Crippen LogP) is 11.6. The van der Waals surface area contributed by atoms with Gasteiger partial charge in [0.25, 0.3) is 5.91 Å². The first-order chi connectivity index (χ1) is 37.4. The number of rotatable bonds is 4. The molecule has 402 valence electrons. The molecule has 2 saturated heterocycles. The normalized spacial score (nSPS) is 22.6. The molecule has 1 N–H and O–H groups in total. The second-order valence-electron chi connectivity index (χ2n) is 21.7. The van der Waals surface area contributed by atoms with Crippen LogP contribution in [0.4, 0.5) is 22.7 Å². The summed E-state index contributed by atoms with van der Waals surface area (Å²) in [5, 5.41) is 3.63. The highest BCUT2D eigenvalue weighted by Gasteiger charge is 2.37. The molecule has 0 spiro atoms. The van der Waals surface area contributed by atoms with Crippen molar-refractivity contribution < 1.29 is 23.7 Å². The molecule has 0 radical (unpaired) electrons. The highest BCUT2D eigenvalue weighted by Crippen LogP contribution is 2.49. The Hall–Kier alpha value is -6.44. The maximum absolute atomic E-state index is 14.4. The second kappa shape index (κ2) is 23.8. The first-order valence-electron chi connectivity index (χ1n) is 28.9. The zero-order valence-electron chi connectivity index (χ0n) is 45.7. The van der Waals surface area contributed by atoms with Crippen molar-refractivity contribution in [1.29, 1.82) is 0 Å². The number of amides is 1. The van der Waals surface area contributed by atoms with Crippen LogP contribution in [0.3, 0.4) is 0 Å². The van der Waals surface area contributed by atoms with E-state index in [1.807, 2.05) is 30.9 Å². The van der Waals surface area contributed by atoms with Gasteiger partial charge in [-0.05, 0) is 117 Å². The molecule has 2 atom stereocenters. The average Bonchev–Trinajstić information content (AvgIpc) is 4.04. The van der Waals surface area contributed by atoms with E-state index < -0.39 is 0 Å². The summed E-state index contributed by atoms with van der Waals surface area (Å²) in [6, 6.07) is 26.5. The molecule has 0 bridgehead atoms. The van der Waals surface area contributed by atoms with Crippen molar-refractivity contribution in [2.75, 3.05) is 115 Å². The number of piperazine rings is 2. The lowest BCUT2D eigenvalue weighted by Gasteiger charge is -2.34. The molecule has 3 fully saturated rings. The zero-order valence-corrected chi connectivity index (χ0v) is 45.7. The van der Waals surface area contributed by atoms with Crippen LogP contribution in [0.5, 0.6) is 23.0 Å². The quantitative estimate of drug-likeness (QED) is 0.212. The number of likely N-dealkylation sites (N-methyl/N-ethyl adjacent to an activating group) is 2. The van der Waals surface area contributed by atoms with Crippen molar-refractivity contribution in [2.24, 2.45) is 4.99 Å². The minimum absolute atomic E-state index is 0.0109. The number of allylic oxidation sites excluding steroid dienone is 1. The molecular weight excluding hydrogens is 949 g/mol. The van der Waals surface area contributed by atoms with Crippen LogP contribution >= 0.6 is 0 Å². The number of aliphatic imine (C=N–C) groups is 1. The van der Waals surface area contributed by atoms with Crippen LogP contribution in [0.1, 0.15) is 118 Å². The van der Waals surface area contributed by atoms with Crippen molar-refractivity contribution in [2.45, 2.75) is 103 Å². The Morgan fingerprint density at radius 1 is 0.539 bits per heavy atom. The van der Waals surface area contributed by atoms with E-state index in [1.54, 1.807) is 0 Å². The number of benzene rings is 4. The molecule has 1 amide bonds. The van der Waals surface area contributed by atoms with Crippen LogP contribution in [0, 0.1) is 0 Å². The van der Waals surface area contributed by atoms with Gasteiger partial charge in [0.15, 0.2) is 23.0 Å². The van der Waals surface area contributed by atoms with Gasteiger partial charge < -0.3 is 53.7 Å². The Kier molecular flexibility index (Phi) is 16.2. The maximum atomic E-state index is 14.4. The highest BCUT2D eigenvalue weighted by molar-refractivity contribution is 6.03. The predicted molar refractivity (Wildman–Crippen MR) is 309 cm³/mol. The second-order valence-corrected chi connectivity index (χ2v) is 21.7. The van der Waals surface area contributed by atoms with Gasteiger partial charge in [0.05, 0.1) is 61.1 Å². The Balaban J connectivity index is 0.00000305. The van der Waals surface area contributed by atoms with E-state index in [4.69, 9.17) is 23.9 Å². The summed E-state index contributed by atoms with van der Waals surface area (Å²) >= 11 is 0. The minimum atomic E-state index is -0.0162. The van der Waals surface area contributed by atoms with E-state index in [-0.39, 0.29) is 18.0 Å².